The van der Waals surface area contributed by atoms with Crippen molar-refractivity contribution in [2.75, 3.05) is 6.54 Å². The van der Waals surface area contributed by atoms with Crippen LogP contribution in [0.2, 0.25) is 0 Å². The van der Waals surface area contributed by atoms with E-state index in [9.17, 15) is 14.9 Å². The van der Waals surface area contributed by atoms with Crippen molar-refractivity contribution in [1.82, 2.24) is 5.32 Å². The molecule has 1 unspecified atom stereocenters. The molecule has 94 valence electrons. The molecule has 1 aromatic rings. The summed E-state index contributed by atoms with van der Waals surface area (Å²) in [5, 5.41) is 13.2. The molecule has 0 saturated heterocycles. The van der Waals surface area contributed by atoms with Crippen LogP contribution >= 0.6 is 12.4 Å². The first-order chi connectivity index (χ1) is 7.54. The van der Waals surface area contributed by atoms with Gasteiger partial charge in [0.15, 0.2) is 0 Å². The summed E-state index contributed by atoms with van der Waals surface area (Å²) in [5.41, 5.74) is 5.84. The standard InChI is InChI=1S/C10H13N3O3.ClH/c1-7(12-10(14)6-11)8-3-2-4-9(5-8)13(15)16;/h2-5,7H,6,11H2,1H3,(H,12,14);1H. The zero-order valence-electron chi connectivity index (χ0n) is 9.25. The molecule has 1 amide bonds. The Morgan fingerprint density at radius 1 is 1.59 bits per heavy atom. The largest absolute Gasteiger partial charge is 0.348 e. The summed E-state index contributed by atoms with van der Waals surface area (Å²) in [6.45, 7) is 1.64. The number of nitrogens with one attached hydrogen (secondary N) is 1. The molecule has 0 spiro atoms. The number of hydrogen-bond donors (Lipinski definition) is 2. The summed E-state index contributed by atoms with van der Waals surface area (Å²) >= 11 is 0. The van der Waals surface area contributed by atoms with E-state index in [2.05, 4.69) is 5.32 Å². The average molecular weight is 260 g/mol. The number of nitro groups is 1. The van der Waals surface area contributed by atoms with Crippen molar-refractivity contribution >= 4 is 24.0 Å². The van der Waals surface area contributed by atoms with E-state index >= 15 is 0 Å². The van der Waals surface area contributed by atoms with Gasteiger partial charge in [0.25, 0.3) is 5.69 Å². The second-order valence-corrected chi connectivity index (χ2v) is 3.35. The predicted octanol–water partition coefficient (Wildman–Crippen LogP) is 1.15. The highest BCUT2D eigenvalue weighted by atomic mass is 35.5. The van der Waals surface area contributed by atoms with Crippen LogP contribution in [-0.2, 0) is 4.79 Å². The van der Waals surface area contributed by atoms with Gasteiger partial charge in [-0.1, -0.05) is 12.1 Å². The Morgan fingerprint density at radius 2 is 2.24 bits per heavy atom. The summed E-state index contributed by atoms with van der Waals surface area (Å²) < 4.78 is 0. The van der Waals surface area contributed by atoms with Gasteiger partial charge >= 0.3 is 0 Å². The quantitative estimate of drug-likeness (QED) is 0.626. The van der Waals surface area contributed by atoms with Gasteiger partial charge in [-0.05, 0) is 12.5 Å². The van der Waals surface area contributed by atoms with E-state index in [1.54, 1.807) is 19.1 Å². The molecule has 0 aliphatic heterocycles. The second-order valence-electron chi connectivity index (χ2n) is 3.35. The molecule has 1 rings (SSSR count). The molecule has 0 aromatic heterocycles. The first kappa shape index (κ1) is 15.3. The smallest absolute Gasteiger partial charge is 0.269 e. The maximum atomic E-state index is 11.0. The minimum absolute atomic E-state index is 0. The molecule has 1 aromatic carbocycles. The number of non-ortho nitro benzene ring substituents is 1. The molecule has 0 radical (unpaired) electrons. The topological polar surface area (TPSA) is 98.3 Å². The van der Waals surface area contributed by atoms with Crippen LogP contribution in [0.5, 0.6) is 0 Å². The molecular weight excluding hydrogens is 246 g/mol. The second kappa shape index (κ2) is 6.82. The van der Waals surface area contributed by atoms with Gasteiger partial charge in [0.05, 0.1) is 17.5 Å². The highest BCUT2D eigenvalue weighted by Gasteiger charge is 2.12. The molecular formula is C10H14ClN3O3. The van der Waals surface area contributed by atoms with Gasteiger partial charge in [-0.15, -0.1) is 12.4 Å². The zero-order valence-corrected chi connectivity index (χ0v) is 10.1. The third kappa shape index (κ3) is 4.38. The number of nitrogens with two attached hydrogens (primary N) is 1. The van der Waals surface area contributed by atoms with Gasteiger partial charge in [0.1, 0.15) is 0 Å². The lowest BCUT2D eigenvalue weighted by Gasteiger charge is -2.13. The molecule has 17 heavy (non-hydrogen) atoms. The van der Waals surface area contributed by atoms with Crippen LogP contribution in [0.25, 0.3) is 0 Å². The van der Waals surface area contributed by atoms with E-state index in [0.717, 1.165) is 0 Å². The zero-order chi connectivity index (χ0) is 12.1. The maximum absolute atomic E-state index is 11.0. The molecule has 0 aliphatic carbocycles. The summed E-state index contributed by atoms with van der Waals surface area (Å²) in [7, 11) is 0. The Hall–Kier alpha value is -1.66. The highest BCUT2D eigenvalue weighted by molar-refractivity contribution is 5.85. The van der Waals surface area contributed by atoms with Crippen molar-refractivity contribution in [3.63, 3.8) is 0 Å². The normalized spacial score (nSPS) is 11.2. The molecule has 0 bridgehead atoms. The van der Waals surface area contributed by atoms with Crippen molar-refractivity contribution in [2.24, 2.45) is 5.73 Å². The number of nitro benzene ring substituents is 1. The lowest BCUT2D eigenvalue weighted by Crippen LogP contribution is -2.32. The van der Waals surface area contributed by atoms with Crippen molar-refractivity contribution in [2.45, 2.75) is 13.0 Å². The van der Waals surface area contributed by atoms with Crippen LogP contribution < -0.4 is 11.1 Å². The van der Waals surface area contributed by atoms with Crippen molar-refractivity contribution < 1.29 is 9.72 Å². The number of rotatable bonds is 4. The highest BCUT2D eigenvalue weighted by Crippen LogP contribution is 2.18. The fraction of sp³-hybridized carbons (Fsp3) is 0.300. The van der Waals surface area contributed by atoms with E-state index in [1.807, 2.05) is 0 Å². The lowest BCUT2D eigenvalue weighted by atomic mass is 10.1. The number of amides is 1. The Labute approximate surface area is 105 Å². The minimum Gasteiger partial charge on any atom is -0.348 e. The van der Waals surface area contributed by atoms with E-state index in [4.69, 9.17) is 5.73 Å². The summed E-state index contributed by atoms with van der Waals surface area (Å²) in [5.74, 6) is -0.293. The van der Waals surface area contributed by atoms with Crippen LogP contribution in [0.4, 0.5) is 5.69 Å². The van der Waals surface area contributed by atoms with Crippen LogP contribution in [0.1, 0.15) is 18.5 Å². The summed E-state index contributed by atoms with van der Waals surface area (Å²) in [6.07, 6.45) is 0. The molecule has 0 heterocycles. The first-order valence-electron chi connectivity index (χ1n) is 4.78. The van der Waals surface area contributed by atoms with Crippen molar-refractivity contribution in [3.8, 4) is 0 Å². The van der Waals surface area contributed by atoms with E-state index in [0.29, 0.717) is 5.56 Å². The summed E-state index contributed by atoms with van der Waals surface area (Å²) in [4.78, 5) is 21.1. The number of carbonyl (C=O) groups excluding carboxylic acids is 1. The maximum Gasteiger partial charge on any atom is 0.269 e. The van der Waals surface area contributed by atoms with E-state index in [-0.39, 0.29) is 36.6 Å². The molecule has 1 atom stereocenters. The monoisotopic (exact) mass is 259 g/mol. The van der Waals surface area contributed by atoms with Crippen LogP contribution in [0.3, 0.4) is 0 Å². The van der Waals surface area contributed by atoms with Crippen molar-refractivity contribution in [1.29, 1.82) is 0 Å². The van der Waals surface area contributed by atoms with Gasteiger partial charge in [-0.25, -0.2) is 0 Å². The number of halogens is 1. The lowest BCUT2D eigenvalue weighted by molar-refractivity contribution is -0.384. The number of hydrogen-bond acceptors (Lipinski definition) is 4. The SMILES string of the molecule is CC(NC(=O)CN)c1cccc([N+](=O)[O-])c1.Cl. The van der Waals surface area contributed by atoms with Crippen LogP contribution in [0.15, 0.2) is 24.3 Å². The molecule has 0 fully saturated rings. The van der Waals surface area contributed by atoms with Gasteiger partial charge in [0.2, 0.25) is 5.91 Å². The molecule has 7 heteroatoms. The fourth-order valence-corrected chi connectivity index (χ4v) is 1.29. The van der Waals surface area contributed by atoms with Crippen molar-refractivity contribution in [3.05, 3.63) is 39.9 Å². The number of nitrogens with zero attached hydrogens (tertiary/aromatic N) is 1. The van der Waals surface area contributed by atoms with Crippen LogP contribution in [-0.4, -0.2) is 17.4 Å². The first-order valence-corrected chi connectivity index (χ1v) is 4.78. The Bertz CT molecular complexity index is 412. The number of carbonyl (C=O) groups is 1. The Morgan fingerprint density at radius 3 is 2.76 bits per heavy atom. The minimum atomic E-state index is -0.471. The third-order valence-electron chi connectivity index (χ3n) is 2.14. The predicted molar refractivity (Wildman–Crippen MR) is 66.0 cm³/mol. The summed E-state index contributed by atoms with van der Waals surface area (Å²) in [6, 6.07) is 5.84. The van der Waals surface area contributed by atoms with E-state index < -0.39 is 4.92 Å². The van der Waals surface area contributed by atoms with Gasteiger partial charge in [-0.2, -0.15) is 0 Å². The fourth-order valence-electron chi connectivity index (χ4n) is 1.29. The van der Waals surface area contributed by atoms with Gasteiger partial charge in [0, 0.05) is 12.1 Å². The third-order valence-corrected chi connectivity index (χ3v) is 2.14. The van der Waals surface area contributed by atoms with Gasteiger partial charge < -0.3 is 11.1 Å². The Kier molecular flexibility index (Phi) is 6.16. The number of benzene rings is 1. The van der Waals surface area contributed by atoms with Crippen LogP contribution in [0, 0.1) is 10.1 Å². The van der Waals surface area contributed by atoms with E-state index in [1.165, 1.54) is 12.1 Å². The van der Waals surface area contributed by atoms with Gasteiger partial charge in [-0.3, -0.25) is 14.9 Å². The molecule has 0 saturated carbocycles. The Balaban J connectivity index is 0.00000256. The average Bonchev–Trinajstić information content (AvgIpc) is 2.28. The molecule has 3 N–H and O–H groups in total. The molecule has 6 nitrogen and oxygen atoms in total. The molecule has 0 aliphatic rings.